The molecule has 34 heavy (non-hydrogen) atoms. The highest BCUT2D eigenvalue weighted by Crippen LogP contribution is 2.25. The van der Waals surface area contributed by atoms with Gasteiger partial charge >= 0.3 is 0 Å². The molecule has 0 bridgehead atoms. The minimum Gasteiger partial charge on any atom is -0.503 e. The number of carbonyl (C=O) groups excluding carboxylic acids is 2. The minimum atomic E-state index is -0.998. The Labute approximate surface area is 196 Å². The lowest BCUT2D eigenvalue weighted by atomic mass is 9.84. The molecular weight excluding hydrogens is 446 g/mol. The van der Waals surface area contributed by atoms with Gasteiger partial charge in [0.05, 0.1) is 0 Å². The Kier molecular flexibility index (Phi) is 8.38. The number of aryl methyl sites for hydroxylation is 1. The third-order valence-corrected chi connectivity index (χ3v) is 6.20. The van der Waals surface area contributed by atoms with Gasteiger partial charge in [-0.15, -0.1) is 0 Å². The Hall–Kier alpha value is -3.27. The predicted molar refractivity (Wildman–Crippen MR) is 123 cm³/mol. The van der Waals surface area contributed by atoms with Crippen LogP contribution >= 0.6 is 0 Å². The molecule has 0 unspecified atom stereocenters. The third kappa shape index (κ3) is 5.61. The Morgan fingerprint density at radius 2 is 1.91 bits per heavy atom. The van der Waals surface area contributed by atoms with Gasteiger partial charge in [0, 0.05) is 37.0 Å². The van der Waals surface area contributed by atoms with Crippen LogP contribution in [-0.2, 0) is 13.1 Å². The second-order valence-electron chi connectivity index (χ2n) is 8.46. The van der Waals surface area contributed by atoms with Gasteiger partial charge in [0.2, 0.25) is 5.43 Å². The van der Waals surface area contributed by atoms with Gasteiger partial charge in [-0.05, 0) is 45.3 Å². The van der Waals surface area contributed by atoms with Crippen LogP contribution in [-0.4, -0.2) is 41.1 Å². The minimum absolute atomic E-state index is 0.0365. The lowest BCUT2D eigenvalue weighted by Gasteiger charge is -2.32. The van der Waals surface area contributed by atoms with Crippen molar-refractivity contribution in [3.8, 4) is 5.75 Å². The number of rotatable bonds is 8. The van der Waals surface area contributed by atoms with E-state index in [2.05, 4.69) is 16.0 Å². The van der Waals surface area contributed by atoms with E-state index in [1.807, 2.05) is 7.05 Å². The number of amides is 2. The third-order valence-electron chi connectivity index (χ3n) is 6.20. The highest BCUT2D eigenvalue weighted by atomic mass is 19.1. The smallest absolute Gasteiger partial charge is 0.272 e. The van der Waals surface area contributed by atoms with Crippen LogP contribution in [0.3, 0.4) is 0 Å². The molecule has 0 saturated heterocycles. The monoisotopic (exact) mass is 476 g/mol. The summed E-state index contributed by atoms with van der Waals surface area (Å²) in [5.74, 6) is -3.59. The molecule has 1 heterocycles. The van der Waals surface area contributed by atoms with E-state index in [0.29, 0.717) is 6.07 Å². The van der Waals surface area contributed by atoms with Crippen LogP contribution in [0, 0.1) is 17.6 Å². The summed E-state index contributed by atoms with van der Waals surface area (Å²) in [6, 6.07) is 2.84. The Balaban J connectivity index is 1.81. The standard InChI is InChI=1S/C24H30F2N4O4/c1-3-30-13-17(23(33)28-12-14-8-9-16(25)10-18(14)26)21(31)22(32)20(30)24(34)29-19-7-5-4-6-15(19)11-27-2/h8-10,13,15,19,27,32H,3-7,11-12H2,1-2H3,(H,28,33)(H,29,34)/t15-,19-/m0/s1. The van der Waals surface area contributed by atoms with Crippen LogP contribution in [0.4, 0.5) is 8.78 Å². The molecule has 3 rings (SSSR count). The van der Waals surface area contributed by atoms with Crippen LogP contribution in [0.15, 0.2) is 29.2 Å². The molecule has 184 valence electrons. The van der Waals surface area contributed by atoms with Gasteiger partial charge in [0.15, 0.2) is 11.4 Å². The van der Waals surface area contributed by atoms with E-state index in [0.717, 1.165) is 38.3 Å². The fraction of sp³-hybridized carbons (Fsp3) is 0.458. The number of hydrogen-bond acceptors (Lipinski definition) is 5. The quantitative estimate of drug-likeness (QED) is 0.467. The summed E-state index contributed by atoms with van der Waals surface area (Å²) in [5.41, 5.74) is -1.55. The number of nitrogens with zero attached hydrogens (tertiary/aromatic N) is 1. The maximum absolute atomic E-state index is 13.8. The fourth-order valence-corrected chi connectivity index (χ4v) is 4.38. The molecule has 2 amide bonds. The van der Waals surface area contributed by atoms with E-state index in [4.69, 9.17) is 0 Å². The van der Waals surface area contributed by atoms with Gasteiger partial charge in [-0.3, -0.25) is 14.4 Å². The summed E-state index contributed by atoms with van der Waals surface area (Å²) in [6.45, 7) is 2.38. The van der Waals surface area contributed by atoms with Crippen molar-refractivity contribution in [2.24, 2.45) is 5.92 Å². The number of pyridine rings is 1. The van der Waals surface area contributed by atoms with Gasteiger partial charge < -0.3 is 25.6 Å². The predicted octanol–water partition coefficient (Wildman–Crippen LogP) is 2.29. The van der Waals surface area contributed by atoms with Crippen LogP contribution < -0.4 is 21.4 Å². The highest BCUT2D eigenvalue weighted by Gasteiger charge is 2.29. The molecule has 8 nitrogen and oxygen atoms in total. The molecule has 1 aromatic heterocycles. The SMILES string of the molecule is CCn1cc(C(=O)NCc2ccc(F)cc2F)c(=O)c(O)c1C(=O)N[C@H]1CCCC[C@H]1CNC. The number of carbonyl (C=O) groups is 2. The highest BCUT2D eigenvalue weighted by molar-refractivity contribution is 5.98. The van der Waals surface area contributed by atoms with Crippen molar-refractivity contribution in [3.05, 3.63) is 63.1 Å². The molecule has 0 aliphatic heterocycles. The molecule has 1 aliphatic carbocycles. The van der Waals surface area contributed by atoms with Crippen LogP contribution in [0.25, 0.3) is 0 Å². The van der Waals surface area contributed by atoms with Crippen molar-refractivity contribution in [1.29, 1.82) is 0 Å². The molecule has 2 aromatic rings. The van der Waals surface area contributed by atoms with E-state index in [-0.39, 0.29) is 41.9 Å². The number of halogens is 2. The van der Waals surface area contributed by atoms with Crippen molar-refractivity contribution >= 4 is 11.8 Å². The molecule has 1 saturated carbocycles. The molecule has 2 atom stereocenters. The first-order valence-corrected chi connectivity index (χ1v) is 11.4. The molecule has 1 aliphatic rings. The van der Waals surface area contributed by atoms with Crippen molar-refractivity contribution < 1.29 is 23.5 Å². The number of aromatic nitrogens is 1. The van der Waals surface area contributed by atoms with Crippen molar-refractivity contribution in [2.45, 2.75) is 51.7 Å². The Bertz CT molecular complexity index is 1120. The van der Waals surface area contributed by atoms with Crippen molar-refractivity contribution in [1.82, 2.24) is 20.5 Å². The van der Waals surface area contributed by atoms with Gasteiger partial charge in [0.25, 0.3) is 11.8 Å². The van der Waals surface area contributed by atoms with E-state index in [1.54, 1.807) is 6.92 Å². The van der Waals surface area contributed by atoms with E-state index < -0.39 is 34.6 Å². The first-order chi connectivity index (χ1) is 16.3. The Morgan fingerprint density at radius 3 is 2.59 bits per heavy atom. The average Bonchev–Trinajstić information content (AvgIpc) is 2.81. The summed E-state index contributed by atoms with van der Waals surface area (Å²) in [7, 11) is 1.85. The molecule has 0 spiro atoms. The summed E-state index contributed by atoms with van der Waals surface area (Å²) >= 11 is 0. The molecule has 10 heteroatoms. The lowest BCUT2D eigenvalue weighted by Crippen LogP contribution is -2.46. The zero-order valence-corrected chi connectivity index (χ0v) is 19.3. The van der Waals surface area contributed by atoms with Gasteiger partial charge in [-0.25, -0.2) is 8.78 Å². The fourth-order valence-electron chi connectivity index (χ4n) is 4.38. The summed E-state index contributed by atoms with van der Waals surface area (Å²) in [4.78, 5) is 38.4. The first kappa shape index (κ1) is 25.4. The zero-order chi connectivity index (χ0) is 24.8. The van der Waals surface area contributed by atoms with Crippen molar-refractivity contribution in [2.75, 3.05) is 13.6 Å². The van der Waals surface area contributed by atoms with E-state index in [9.17, 15) is 28.3 Å². The van der Waals surface area contributed by atoms with Gasteiger partial charge in [0.1, 0.15) is 17.2 Å². The lowest BCUT2D eigenvalue weighted by molar-refractivity contribution is 0.0887. The maximum atomic E-state index is 13.8. The molecule has 0 radical (unpaired) electrons. The zero-order valence-electron chi connectivity index (χ0n) is 19.3. The summed E-state index contributed by atoms with van der Waals surface area (Å²) < 4.78 is 28.2. The number of hydrogen-bond donors (Lipinski definition) is 4. The van der Waals surface area contributed by atoms with E-state index in [1.165, 1.54) is 16.8 Å². The average molecular weight is 477 g/mol. The normalized spacial score (nSPS) is 17.9. The first-order valence-electron chi connectivity index (χ1n) is 11.4. The number of aromatic hydroxyl groups is 1. The molecular formula is C24H30F2N4O4. The second-order valence-corrected chi connectivity index (χ2v) is 8.46. The summed E-state index contributed by atoms with van der Waals surface area (Å²) in [5, 5.41) is 19.1. The molecule has 4 N–H and O–H groups in total. The van der Waals surface area contributed by atoms with Crippen LogP contribution in [0.1, 0.15) is 59.0 Å². The van der Waals surface area contributed by atoms with E-state index >= 15 is 0 Å². The topological polar surface area (TPSA) is 112 Å². The molecule has 1 fully saturated rings. The largest absolute Gasteiger partial charge is 0.503 e. The summed E-state index contributed by atoms with van der Waals surface area (Å²) in [6.07, 6.45) is 5.03. The van der Waals surface area contributed by atoms with Gasteiger partial charge in [-0.2, -0.15) is 0 Å². The van der Waals surface area contributed by atoms with Crippen LogP contribution in [0.2, 0.25) is 0 Å². The number of benzene rings is 1. The Morgan fingerprint density at radius 1 is 1.18 bits per heavy atom. The second kappa shape index (κ2) is 11.2. The maximum Gasteiger partial charge on any atom is 0.272 e. The molecule has 1 aromatic carbocycles. The number of nitrogens with one attached hydrogen (secondary N) is 3. The van der Waals surface area contributed by atoms with Crippen LogP contribution in [0.5, 0.6) is 5.75 Å². The van der Waals surface area contributed by atoms with Gasteiger partial charge in [-0.1, -0.05) is 18.9 Å². The van der Waals surface area contributed by atoms with Crippen molar-refractivity contribution in [3.63, 3.8) is 0 Å².